The normalized spacial score (nSPS) is 13.6. The van der Waals surface area contributed by atoms with Crippen LogP contribution in [0.4, 0.5) is 5.69 Å². The summed E-state index contributed by atoms with van der Waals surface area (Å²) in [4.78, 5) is 12.0. The lowest BCUT2D eigenvalue weighted by molar-refractivity contribution is -0.120. The summed E-state index contributed by atoms with van der Waals surface area (Å²) in [6.07, 6.45) is 0.00350. The van der Waals surface area contributed by atoms with Crippen LogP contribution >= 0.6 is 15.9 Å². The zero-order chi connectivity index (χ0) is 14.6. The number of hydrogen-bond donors (Lipinski definition) is 2. The van der Waals surface area contributed by atoms with E-state index in [4.69, 9.17) is 0 Å². The number of hydrogen-bond acceptors (Lipinski definition) is 2. The SMILES string of the molecule is C[C@@](O)(CC(=O)Nc1cccc(Br)c1)c1ccccc1. The van der Waals surface area contributed by atoms with Crippen molar-refractivity contribution < 1.29 is 9.90 Å². The van der Waals surface area contributed by atoms with E-state index in [-0.39, 0.29) is 12.3 Å². The molecule has 0 fully saturated rings. The fraction of sp³-hybridized carbons (Fsp3) is 0.188. The summed E-state index contributed by atoms with van der Waals surface area (Å²) >= 11 is 3.35. The number of anilines is 1. The molecule has 0 aliphatic rings. The van der Waals surface area contributed by atoms with Crippen molar-refractivity contribution >= 4 is 27.5 Å². The van der Waals surface area contributed by atoms with Gasteiger partial charge in [-0.3, -0.25) is 4.79 Å². The molecule has 0 aliphatic heterocycles. The second-order valence-electron chi connectivity index (χ2n) is 4.88. The zero-order valence-corrected chi connectivity index (χ0v) is 12.7. The van der Waals surface area contributed by atoms with E-state index in [2.05, 4.69) is 21.2 Å². The smallest absolute Gasteiger partial charge is 0.227 e. The van der Waals surface area contributed by atoms with Crippen molar-refractivity contribution in [3.8, 4) is 0 Å². The Hall–Kier alpha value is -1.65. The van der Waals surface area contributed by atoms with E-state index in [0.29, 0.717) is 5.69 Å². The molecule has 2 aromatic rings. The van der Waals surface area contributed by atoms with Crippen molar-refractivity contribution in [3.63, 3.8) is 0 Å². The Morgan fingerprint density at radius 3 is 2.55 bits per heavy atom. The number of carbonyl (C=O) groups is 1. The molecule has 0 spiro atoms. The van der Waals surface area contributed by atoms with Crippen LogP contribution in [0, 0.1) is 0 Å². The van der Waals surface area contributed by atoms with Crippen LogP contribution in [0.5, 0.6) is 0 Å². The summed E-state index contributed by atoms with van der Waals surface area (Å²) in [7, 11) is 0. The number of amides is 1. The van der Waals surface area contributed by atoms with Gasteiger partial charge < -0.3 is 10.4 Å². The lowest BCUT2D eigenvalue weighted by Gasteiger charge is -2.23. The summed E-state index contributed by atoms with van der Waals surface area (Å²) in [5.74, 6) is -0.225. The maximum Gasteiger partial charge on any atom is 0.227 e. The third-order valence-electron chi connectivity index (χ3n) is 3.01. The first kappa shape index (κ1) is 14.8. The highest BCUT2D eigenvalue weighted by atomic mass is 79.9. The molecular weight excluding hydrogens is 318 g/mol. The topological polar surface area (TPSA) is 49.3 Å². The molecule has 0 radical (unpaired) electrons. The van der Waals surface area contributed by atoms with Crippen molar-refractivity contribution in [1.82, 2.24) is 0 Å². The first-order valence-electron chi connectivity index (χ1n) is 6.31. The van der Waals surface area contributed by atoms with Crippen molar-refractivity contribution in [2.75, 3.05) is 5.32 Å². The number of carbonyl (C=O) groups excluding carboxylic acids is 1. The molecule has 0 unspecified atom stereocenters. The van der Waals surface area contributed by atoms with Gasteiger partial charge in [-0.15, -0.1) is 0 Å². The predicted octanol–water partition coefficient (Wildman–Crippen LogP) is 3.69. The van der Waals surface area contributed by atoms with Crippen LogP contribution < -0.4 is 5.32 Å². The fourth-order valence-corrected chi connectivity index (χ4v) is 2.38. The predicted molar refractivity (Wildman–Crippen MR) is 83.4 cm³/mol. The van der Waals surface area contributed by atoms with Gasteiger partial charge in [-0.1, -0.05) is 52.3 Å². The van der Waals surface area contributed by atoms with E-state index >= 15 is 0 Å². The minimum Gasteiger partial charge on any atom is -0.385 e. The van der Waals surface area contributed by atoms with E-state index in [1.54, 1.807) is 13.0 Å². The Bertz CT molecular complexity index is 596. The van der Waals surface area contributed by atoms with Gasteiger partial charge in [-0.05, 0) is 30.7 Å². The molecule has 0 saturated carbocycles. The number of aliphatic hydroxyl groups is 1. The minimum atomic E-state index is -1.18. The van der Waals surface area contributed by atoms with Gasteiger partial charge in [0.2, 0.25) is 5.91 Å². The van der Waals surface area contributed by atoms with Crippen LogP contribution in [0.25, 0.3) is 0 Å². The Balaban J connectivity index is 2.04. The molecule has 0 bridgehead atoms. The van der Waals surface area contributed by atoms with Gasteiger partial charge in [0.05, 0.1) is 12.0 Å². The molecule has 0 aliphatic carbocycles. The van der Waals surface area contributed by atoms with Crippen LogP contribution in [0.15, 0.2) is 59.1 Å². The largest absolute Gasteiger partial charge is 0.385 e. The molecule has 104 valence electrons. The van der Waals surface area contributed by atoms with Crippen molar-refractivity contribution in [3.05, 3.63) is 64.6 Å². The van der Waals surface area contributed by atoms with E-state index in [1.165, 1.54) is 0 Å². The molecule has 0 heterocycles. The van der Waals surface area contributed by atoms with E-state index < -0.39 is 5.60 Å². The molecule has 2 N–H and O–H groups in total. The van der Waals surface area contributed by atoms with Gasteiger partial charge in [0, 0.05) is 10.2 Å². The average Bonchev–Trinajstić information content (AvgIpc) is 2.39. The number of benzene rings is 2. The third-order valence-corrected chi connectivity index (χ3v) is 3.50. The van der Waals surface area contributed by atoms with Gasteiger partial charge >= 0.3 is 0 Å². The van der Waals surface area contributed by atoms with Gasteiger partial charge in [0.25, 0.3) is 0 Å². The molecule has 3 nitrogen and oxygen atoms in total. The van der Waals surface area contributed by atoms with Crippen molar-refractivity contribution in [1.29, 1.82) is 0 Å². The molecule has 0 saturated heterocycles. The summed E-state index contributed by atoms with van der Waals surface area (Å²) in [5.41, 5.74) is 0.245. The molecule has 2 rings (SSSR count). The Morgan fingerprint density at radius 1 is 1.20 bits per heavy atom. The van der Waals surface area contributed by atoms with Gasteiger partial charge in [0.15, 0.2) is 0 Å². The number of rotatable bonds is 4. The highest BCUT2D eigenvalue weighted by Gasteiger charge is 2.26. The van der Waals surface area contributed by atoms with E-state index in [9.17, 15) is 9.90 Å². The van der Waals surface area contributed by atoms with Crippen LogP contribution in [-0.2, 0) is 10.4 Å². The number of nitrogens with one attached hydrogen (secondary N) is 1. The van der Waals surface area contributed by atoms with Crippen LogP contribution in [0.3, 0.4) is 0 Å². The first-order chi connectivity index (χ1) is 9.47. The summed E-state index contributed by atoms with van der Waals surface area (Å²) in [6, 6.07) is 16.5. The lowest BCUT2D eigenvalue weighted by atomic mass is 9.92. The van der Waals surface area contributed by atoms with Crippen LogP contribution in [0.1, 0.15) is 18.9 Å². The standard InChI is InChI=1S/C16H16BrNO2/c1-16(20,12-6-3-2-4-7-12)11-15(19)18-14-9-5-8-13(17)10-14/h2-10,20H,11H2,1H3,(H,18,19)/t16-/m1/s1. The maximum atomic E-state index is 12.0. The van der Waals surface area contributed by atoms with Crippen molar-refractivity contribution in [2.24, 2.45) is 0 Å². The first-order valence-corrected chi connectivity index (χ1v) is 7.10. The summed E-state index contributed by atoms with van der Waals surface area (Å²) < 4.78 is 0.894. The van der Waals surface area contributed by atoms with Gasteiger partial charge in [-0.2, -0.15) is 0 Å². The Kier molecular flexibility index (Phi) is 4.57. The second kappa shape index (κ2) is 6.20. The molecule has 4 heteroatoms. The van der Waals surface area contributed by atoms with Crippen LogP contribution in [-0.4, -0.2) is 11.0 Å². The Labute approximate surface area is 126 Å². The quantitative estimate of drug-likeness (QED) is 0.896. The summed E-state index contributed by atoms with van der Waals surface area (Å²) in [5, 5.41) is 13.2. The van der Waals surface area contributed by atoms with E-state index in [0.717, 1.165) is 10.0 Å². The maximum absolute atomic E-state index is 12.0. The van der Waals surface area contributed by atoms with Crippen molar-refractivity contribution in [2.45, 2.75) is 18.9 Å². The monoisotopic (exact) mass is 333 g/mol. The molecule has 2 aromatic carbocycles. The van der Waals surface area contributed by atoms with E-state index in [1.807, 2.05) is 48.5 Å². The number of halogens is 1. The highest BCUT2D eigenvalue weighted by molar-refractivity contribution is 9.10. The third kappa shape index (κ3) is 3.92. The van der Waals surface area contributed by atoms with Gasteiger partial charge in [0.1, 0.15) is 0 Å². The molecule has 20 heavy (non-hydrogen) atoms. The molecule has 1 atom stereocenters. The molecular formula is C16H16BrNO2. The highest BCUT2D eigenvalue weighted by Crippen LogP contribution is 2.25. The zero-order valence-electron chi connectivity index (χ0n) is 11.1. The Morgan fingerprint density at radius 2 is 1.90 bits per heavy atom. The molecule has 1 amide bonds. The average molecular weight is 334 g/mol. The van der Waals surface area contributed by atoms with Crippen LogP contribution in [0.2, 0.25) is 0 Å². The summed E-state index contributed by atoms with van der Waals surface area (Å²) in [6.45, 7) is 1.64. The lowest BCUT2D eigenvalue weighted by Crippen LogP contribution is -2.28. The fourth-order valence-electron chi connectivity index (χ4n) is 1.98. The van der Waals surface area contributed by atoms with Gasteiger partial charge in [-0.25, -0.2) is 0 Å². The second-order valence-corrected chi connectivity index (χ2v) is 5.79. The molecule has 0 aromatic heterocycles. The minimum absolute atomic E-state index is 0.00350.